The summed E-state index contributed by atoms with van der Waals surface area (Å²) in [5.74, 6) is -3.30. The first kappa shape index (κ1) is 47.4. The minimum atomic E-state index is -4.00. The van der Waals surface area contributed by atoms with Crippen LogP contribution in [-0.2, 0) is 27.7 Å². The second kappa shape index (κ2) is 21.8. The molecular weight excluding hydrogens is 799 g/mol. The fourth-order valence-corrected chi connectivity index (χ4v) is 9.16. The average Bonchev–Trinajstić information content (AvgIpc) is 3.74. The molecule has 0 unspecified atom stereocenters. The van der Waals surface area contributed by atoms with Gasteiger partial charge in [-0.15, -0.1) is 0 Å². The van der Waals surface area contributed by atoms with Gasteiger partial charge in [0.25, 0.3) is 11.8 Å². The number of amides is 2. The van der Waals surface area contributed by atoms with E-state index in [1.54, 1.807) is 31.2 Å². The number of rotatable bonds is 14. The number of aryl methyl sites for hydroxylation is 2. The molecule has 1 aliphatic carbocycles. The van der Waals surface area contributed by atoms with Crippen molar-refractivity contribution in [2.75, 3.05) is 35.2 Å². The van der Waals surface area contributed by atoms with Crippen LogP contribution in [0.1, 0.15) is 87.6 Å². The van der Waals surface area contributed by atoms with E-state index in [9.17, 15) is 32.7 Å². The summed E-state index contributed by atoms with van der Waals surface area (Å²) in [7, 11) is -4.00. The number of carbonyl (C=O) groups excluding carboxylic acids is 2. The molecule has 2 amide bonds. The molecule has 1 aliphatic heterocycles. The SMILES string of the molecule is CCN(C1CCC(C(=O)O)CC1)S(=O)(=O)c1cccc(C(=O)Nc2ccc(N3CCCC3)cc2C(=O)Nc2ccc(CCc3ccc(C(=O)O)cc3)cc2)c1.[KH].[KH]. The van der Waals surface area contributed by atoms with E-state index >= 15 is 0 Å². The second-order valence-corrected chi connectivity index (χ2v) is 16.0. The number of hydrogen-bond acceptors (Lipinski definition) is 7. The molecule has 4 aromatic rings. The first-order chi connectivity index (χ1) is 26.4. The van der Waals surface area contributed by atoms with E-state index < -0.39 is 39.7 Å². The van der Waals surface area contributed by atoms with E-state index in [0.717, 1.165) is 55.6 Å². The van der Waals surface area contributed by atoms with Gasteiger partial charge in [0.05, 0.1) is 27.6 Å². The van der Waals surface area contributed by atoms with Crippen molar-refractivity contribution in [3.63, 3.8) is 0 Å². The zero-order valence-electron chi connectivity index (χ0n) is 30.7. The van der Waals surface area contributed by atoms with Gasteiger partial charge in [-0.05, 0) is 123 Å². The quantitative estimate of drug-likeness (QED) is 0.117. The third kappa shape index (κ3) is 12.2. The fourth-order valence-electron chi connectivity index (χ4n) is 7.42. The first-order valence-electron chi connectivity index (χ1n) is 18.7. The molecule has 12 nitrogen and oxygen atoms in total. The van der Waals surface area contributed by atoms with Crippen LogP contribution >= 0.6 is 0 Å². The summed E-state index contributed by atoms with van der Waals surface area (Å²) in [5.41, 5.74) is 4.36. The molecule has 2 aliphatic rings. The number of anilines is 3. The Hall–Kier alpha value is -2.26. The van der Waals surface area contributed by atoms with Crippen LogP contribution in [0.2, 0.25) is 0 Å². The molecule has 2 fully saturated rings. The zero-order chi connectivity index (χ0) is 39.1. The molecule has 6 rings (SSSR count). The number of hydrogen-bond donors (Lipinski definition) is 4. The number of aliphatic carboxylic acids is 1. The zero-order valence-corrected chi connectivity index (χ0v) is 31.6. The number of benzene rings is 4. The van der Waals surface area contributed by atoms with Crippen LogP contribution < -0.4 is 15.5 Å². The van der Waals surface area contributed by atoms with Crippen molar-refractivity contribution in [1.82, 2.24) is 4.31 Å². The molecule has 15 heteroatoms. The number of aromatic carboxylic acids is 1. The van der Waals surface area contributed by atoms with Gasteiger partial charge in [0.2, 0.25) is 10.0 Å². The molecule has 1 saturated heterocycles. The molecule has 1 saturated carbocycles. The fraction of sp³-hybridized carbons (Fsp3) is 0.333. The van der Waals surface area contributed by atoms with Gasteiger partial charge in [-0.2, -0.15) is 4.31 Å². The van der Waals surface area contributed by atoms with Crippen LogP contribution in [0.3, 0.4) is 0 Å². The Balaban J connectivity index is 0.00000360. The molecule has 57 heavy (non-hydrogen) atoms. The second-order valence-electron chi connectivity index (χ2n) is 14.1. The van der Waals surface area contributed by atoms with Gasteiger partial charge in [-0.3, -0.25) is 14.4 Å². The first-order valence-corrected chi connectivity index (χ1v) is 20.1. The molecule has 0 atom stereocenters. The molecule has 4 N–H and O–H groups in total. The van der Waals surface area contributed by atoms with Gasteiger partial charge < -0.3 is 25.7 Å². The van der Waals surface area contributed by atoms with Crippen molar-refractivity contribution >= 4 is 154 Å². The van der Waals surface area contributed by atoms with Crippen LogP contribution in [-0.4, -0.2) is 175 Å². The Morgan fingerprint density at radius 2 is 1.35 bits per heavy atom. The van der Waals surface area contributed by atoms with Crippen molar-refractivity contribution in [3.05, 3.63) is 119 Å². The molecule has 4 aromatic carbocycles. The van der Waals surface area contributed by atoms with Crippen LogP contribution in [0.4, 0.5) is 17.1 Å². The maximum atomic E-state index is 13.9. The maximum absolute atomic E-state index is 13.9. The van der Waals surface area contributed by atoms with Gasteiger partial charge in [-0.1, -0.05) is 37.3 Å². The Morgan fingerprint density at radius 1 is 0.737 bits per heavy atom. The minimum absolute atomic E-state index is 0. The third-order valence-corrected chi connectivity index (χ3v) is 12.6. The number of carboxylic acids is 2. The third-order valence-electron chi connectivity index (χ3n) is 10.5. The summed E-state index contributed by atoms with van der Waals surface area (Å²) in [6.45, 7) is 3.66. The van der Waals surface area contributed by atoms with Crippen LogP contribution in [0, 0.1) is 5.92 Å². The van der Waals surface area contributed by atoms with Gasteiger partial charge in [0, 0.05) is 42.6 Å². The van der Waals surface area contributed by atoms with Crippen molar-refractivity contribution < 1.29 is 37.8 Å². The van der Waals surface area contributed by atoms with Crippen LogP contribution in [0.5, 0.6) is 0 Å². The van der Waals surface area contributed by atoms with Crippen LogP contribution in [0.15, 0.2) is 95.9 Å². The normalized spacial score (nSPS) is 16.6. The van der Waals surface area contributed by atoms with Gasteiger partial charge in [0.15, 0.2) is 0 Å². The summed E-state index contributed by atoms with van der Waals surface area (Å²) in [6, 6.07) is 25.1. The predicted octanol–water partition coefficient (Wildman–Crippen LogP) is 5.63. The van der Waals surface area contributed by atoms with Crippen molar-refractivity contribution in [2.45, 2.75) is 69.2 Å². The van der Waals surface area contributed by atoms with Crippen molar-refractivity contribution in [3.8, 4) is 0 Å². The van der Waals surface area contributed by atoms with Gasteiger partial charge in [0.1, 0.15) is 0 Å². The number of carboxylic acid groups (broad SMARTS) is 2. The van der Waals surface area contributed by atoms with E-state index in [4.69, 9.17) is 5.11 Å². The molecule has 1 heterocycles. The van der Waals surface area contributed by atoms with Crippen molar-refractivity contribution in [1.29, 1.82) is 0 Å². The summed E-state index contributed by atoms with van der Waals surface area (Å²) in [5, 5.41) is 24.3. The molecule has 0 radical (unpaired) electrons. The van der Waals surface area contributed by atoms with Gasteiger partial charge >= 0.3 is 115 Å². The number of nitrogens with one attached hydrogen (secondary N) is 2. The predicted molar refractivity (Wildman–Crippen MR) is 225 cm³/mol. The Bertz CT molecular complexity index is 2150. The molecule has 0 aromatic heterocycles. The molecule has 292 valence electrons. The van der Waals surface area contributed by atoms with Crippen LogP contribution in [0.25, 0.3) is 0 Å². The van der Waals surface area contributed by atoms with Crippen molar-refractivity contribution in [2.24, 2.45) is 5.92 Å². The number of carbonyl (C=O) groups is 4. The summed E-state index contributed by atoms with van der Waals surface area (Å²) >= 11 is 0. The standard InChI is InChI=1S/C42H46N4O8S.2K.2H/c1-2-46(34-20-16-31(17-21-34)42(51)52)55(53,54)36-7-5-6-32(26-36)39(47)44-38-23-22-35(45-24-3-4-25-45)27-37(38)40(48)43-33-18-12-29(13-19-33)9-8-28-10-14-30(15-11-28)41(49)50;;;;/h5-7,10-15,18-19,22-23,26-27,31,34H,2-4,8-9,16-17,20-21,24-25H2,1H3,(H,43,48)(H,44,47)(H,49,50)(H,51,52);;;;. The van der Waals surface area contributed by atoms with Gasteiger partial charge in [-0.25, -0.2) is 13.2 Å². The van der Waals surface area contributed by atoms with E-state index in [0.29, 0.717) is 31.4 Å². The summed E-state index contributed by atoms with van der Waals surface area (Å²) in [4.78, 5) is 52.3. The average molecular weight is 847 g/mol. The number of sulfonamides is 1. The van der Waals surface area contributed by atoms with E-state index in [-0.39, 0.29) is 143 Å². The van der Waals surface area contributed by atoms with E-state index in [2.05, 4.69) is 15.5 Å². The summed E-state index contributed by atoms with van der Waals surface area (Å²) < 4.78 is 29.1. The Morgan fingerprint density at radius 3 is 1.93 bits per heavy atom. The topological polar surface area (TPSA) is 173 Å². The Kier molecular flexibility index (Phi) is 18.2. The van der Waals surface area contributed by atoms with E-state index in [1.807, 2.05) is 42.5 Å². The Labute approximate surface area is 419 Å². The molecule has 0 spiro atoms. The summed E-state index contributed by atoms with van der Waals surface area (Å²) in [6.07, 6.45) is 5.22. The number of nitrogens with zero attached hydrogens (tertiary/aromatic N) is 2. The molecular formula is C42H48K2N4O8S. The van der Waals surface area contributed by atoms with E-state index in [1.165, 1.54) is 28.6 Å². The molecule has 0 bridgehead atoms. The monoisotopic (exact) mass is 846 g/mol.